The van der Waals surface area contributed by atoms with Crippen LogP contribution in [0.25, 0.3) is 0 Å². The van der Waals surface area contributed by atoms with Crippen LogP contribution in [0.3, 0.4) is 0 Å². The van der Waals surface area contributed by atoms with Crippen LogP contribution in [-0.4, -0.2) is 13.2 Å². The van der Waals surface area contributed by atoms with Crippen LogP contribution >= 0.6 is 7.60 Å². The van der Waals surface area contributed by atoms with Gasteiger partial charge in [-0.25, -0.2) is 0 Å². The van der Waals surface area contributed by atoms with Gasteiger partial charge in [0.1, 0.15) is 0 Å². The molecule has 132 valence electrons. The van der Waals surface area contributed by atoms with Crippen molar-refractivity contribution in [2.24, 2.45) is 5.41 Å². The average Bonchev–Trinajstić information content (AvgIpc) is 2.44. The van der Waals surface area contributed by atoms with Gasteiger partial charge in [0.15, 0.2) is 0 Å². The molecule has 1 aliphatic carbocycles. The third-order valence-corrected chi connectivity index (χ3v) is 6.20. The summed E-state index contributed by atoms with van der Waals surface area (Å²) in [5.41, 5.74) is 4.46. The van der Waals surface area contributed by atoms with Crippen LogP contribution in [0.15, 0.2) is 34.7 Å². The molecule has 3 nitrogen and oxygen atoms in total. The average molecular weight is 340 g/mol. The van der Waals surface area contributed by atoms with Gasteiger partial charge in [0, 0.05) is 5.82 Å². The molecule has 0 saturated heterocycles. The summed E-state index contributed by atoms with van der Waals surface area (Å²) >= 11 is 0. The summed E-state index contributed by atoms with van der Waals surface area (Å²) in [7, 11) is -3.10. The monoisotopic (exact) mass is 340 g/mol. The SMILES string of the molecule is CCOP(=O)(/C=C/C(C)=C/CC1=C(C)CCCC1(C)C)OCC. The van der Waals surface area contributed by atoms with Crippen LogP contribution in [0.5, 0.6) is 0 Å². The van der Waals surface area contributed by atoms with E-state index in [9.17, 15) is 4.57 Å². The molecule has 0 bridgehead atoms. The Hall–Kier alpha value is -0.630. The van der Waals surface area contributed by atoms with Gasteiger partial charge in [-0.3, -0.25) is 4.57 Å². The summed E-state index contributed by atoms with van der Waals surface area (Å²) < 4.78 is 23.0. The molecule has 0 atom stereocenters. The third kappa shape index (κ3) is 6.41. The fourth-order valence-electron chi connectivity index (χ4n) is 3.15. The Morgan fingerprint density at radius 3 is 2.39 bits per heavy atom. The lowest BCUT2D eigenvalue weighted by Gasteiger charge is -2.34. The Bertz CT molecular complexity index is 517. The van der Waals surface area contributed by atoms with Crippen molar-refractivity contribution in [2.75, 3.05) is 13.2 Å². The first-order chi connectivity index (χ1) is 10.7. The predicted octanol–water partition coefficient (Wildman–Crippen LogP) is 6.63. The van der Waals surface area contributed by atoms with Crippen molar-refractivity contribution in [3.05, 3.63) is 34.7 Å². The van der Waals surface area contributed by atoms with Crippen LogP contribution in [0.4, 0.5) is 0 Å². The van der Waals surface area contributed by atoms with Crippen molar-refractivity contribution in [1.82, 2.24) is 0 Å². The topological polar surface area (TPSA) is 35.5 Å². The van der Waals surface area contributed by atoms with Crippen molar-refractivity contribution in [1.29, 1.82) is 0 Å². The largest absolute Gasteiger partial charge is 0.354 e. The molecule has 0 spiro atoms. The highest BCUT2D eigenvalue weighted by atomic mass is 31.2. The molecule has 4 heteroatoms. The zero-order valence-corrected chi connectivity index (χ0v) is 16.5. The Kier molecular flexibility index (Phi) is 8.00. The van der Waals surface area contributed by atoms with Gasteiger partial charge < -0.3 is 9.05 Å². The molecule has 1 rings (SSSR count). The quantitative estimate of drug-likeness (QED) is 0.282. The second-order valence-electron chi connectivity index (χ2n) is 6.84. The lowest BCUT2D eigenvalue weighted by Crippen LogP contribution is -2.20. The van der Waals surface area contributed by atoms with Gasteiger partial charge in [-0.1, -0.05) is 42.7 Å². The first-order valence-electron chi connectivity index (χ1n) is 8.68. The van der Waals surface area contributed by atoms with Crippen LogP contribution < -0.4 is 0 Å². The van der Waals surface area contributed by atoms with Gasteiger partial charge in [0.05, 0.1) is 13.2 Å². The summed E-state index contributed by atoms with van der Waals surface area (Å²) in [6.07, 6.45) is 8.79. The maximum atomic E-state index is 12.4. The second kappa shape index (κ2) is 9.01. The maximum Gasteiger partial charge on any atom is 0.354 e. The van der Waals surface area contributed by atoms with E-state index >= 15 is 0 Å². The minimum absolute atomic E-state index is 0.286. The Morgan fingerprint density at radius 1 is 1.26 bits per heavy atom. The van der Waals surface area contributed by atoms with Crippen molar-refractivity contribution in [3.8, 4) is 0 Å². The van der Waals surface area contributed by atoms with E-state index in [1.807, 2.05) is 26.8 Å². The maximum absolute atomic E-state index is 12.4. The fraction of sp³-hybridized carbons (Fsp3) is 0.684. The number of rotatable bonds is 8. The van der Waals surface area contributed by atoms with E-state index in [2.05, 4.69) is 26.8 Å². The van der Waals surface area contributed by atoms with Gasteiger partial charge in [-0.15, -0.1) is 0 Å². The number of hydrogen-bond acceptors (Lipinski definition) is 3. The van der Waals surface area contributed by atoms with Crippen LogP contribution in [-0.2, 0) is 13.6 Å². The van der Waals surface area contributed by atoms with E-state index < -0.39 is 7.60 Å². The molecule has 0 amide bonds. The first-order valence-corrected chi connectivity index (χ1v) is 10.3. The van der Waals surface area contributed by atoms with Gasteiger partial charge in [0.25, 0.3) is 0 Å². The van der Waals surface area contributed by atoms with Crippen LogP contribution in [0.1, 0.15) is 67.2 Å². The molecule has 1 aliphatic rings. The van der Waals surface area contributed by atoms with Crippen molar-refractivity contribution in [3.63, 3.8) is 0 Å². The molecular formula is C19H33O3P. The van der Waals surface area contributed by atoms with Crippen LogP contribution in [0, 0.1) is 5.41 Å². The van der Waals surface area contributed by atoms with Crippen LogP contribution in [0.2, 0.25) is 0 Å². The van der Waals surface area contributed by atoms with E-state index in [1.54, 1.807) is 11.4 Å². The number of allylic oxidation sites excluding steroid dienone is 5. The summed E-state index contributed by atoms with van der Waals surface area (Å²) in [6.45, 7) is 13.4. The standard InChI is InChI=1S/C19H33O3P/c1-7-21-23(20,22-8-2)15-13-16(3)11-12-18-17(4)10-9-14-19(18,5)6/h11,13,15H,7-10,12,14H2,1-6H3/b15-13+,16-11+. The highest BCUT2D eigenvalue weighted by molar-refractivity contribution is 7.57. The summed E-state index contributed by atoms with van der Waals surface area (Å²) in [4.78, 5) is 0. The van der Waals surface area contributed by atoms with Gasteiger partial charge >= 0.3 is 7.60 Å². The number of hydrogen-bond donors (Lipinski definition) is 0. The predicted molar refractivity (Wildman–Crippen MR) is 98.7 cm³/mol. The molecule has 0 radical (unpaired) electrons. The third-order valence-electron chi connectivity index (χ3n) is 4.45. The molecule has 0 heterocycles. The normalized spacial score (nSPS) is 19.7. The minimum Gasteiger partial charge on any atom is -0.306 e. The van der Waals surface area contributed by atoms with Crippen molar-refractivity contribution in [2.45, 2.75) is 67.2 Å². The lowest BCUT2D eigenvalue weighted by atomic mass is 9.71. The van der Waals surface area contributed by atoms with E-state index in [0.717, 1.165) is 12.0 Å². The second-order valence-corrected chi connectivity index (χ2v) is 8.73. The summed E-state index contributed by atoms with van der Waals surface area (Å²) in [6, 6.07) is 0. The lowest BCUT2D eigenvalue weighted by molar-refractivity contribution is 0.229. The summed E-state index contributed by atoms with van der Waals surface area (Å²) in [5.74, 6) is 1.58. The van der Waals surface area contributed by atoms with Crippen molar-refractivity contribution >= 4 is 7.60 Å². The summed E-state index contributed by atoms with van der Waals surface area (Å²) in [5, 5.41) is 0. The molecule has 0 fully saturated rings. The molecule has 0 unspecified atom stereocenters. The highest BCUT2D eigenvalue weighted by Gasteiger charge is 2.27. The molecular weight excluding hydrogens is 307 g/mol. The zero-order valence-electron chi connectivity index (χ0n) is 15.6. The molecule has 0 N–H and O–H groups in total. The molecule has 0 aromatic rings. The Labute approximate surface area is 142 Å². The van der Waals surface area contributed by atoms with E-state index in [-0.39, 0.29) is 5.41 Å². The van der Waals surface area contributed by atoms with Crippen molar-refractivity contribution < 1.29 is 13.6 Å². The Balaban J connectivity index is 2.81. The van der Waals surface area contributed by atoms with E-state index in [4.69, 9.17) is 9.05 Å². The minimum atomic E-state index is -3.10. The van der Waals surface area contributed by atoms with Gasteiger partial charge in [0.2, 0.25) is 0 Å². The smallest absolute Gasteiger partial charge is 0.306 e. The van der Waals surface area contributed by atoms with Gasteiger partial charge in [-0.05, 0) is 58.8 Å². The molecule has 0 aromatic heterocycles. The molecule has 0 aromatic carbocycles. The first kappa shape index (κ1) is 20.4. The molecule has 0 aliphatic heterocycles. The van der Waals surface area contributed by atoms with E-state index in [0.29, 0.717) is 13.2 Å². The fourth-order valence-corrected chi connectivity index (χ4v) is 4.53. The molecule has 23 heavy (non-hydrogen) atoms. The van der Waals surface area contributed by atoms with E-state index in [1.165, 1.54) is 24.8 Å². The molecule has 0 saturated carbocycles. The Morgan fingerprint density at radius 2 is 1.87 bits per heavy atom. The highest BCUT2D eigenvalue weighted by Crippen LogP contribution is 2.49. The zero-order chi connectivity index (χ0) is 17.5. The van der Waals surface area contributed by atoms with Gasteiger partial charge in [-0.2, -0.15) is 0 Å².